The summed E-state index contributed by atoms with van der Waals surface area (Å²) in [5, 5.41) is 7.24. The van der Waals surface area contributed by atoms with Gasteiger partial charge in [-0.2, -0.15) is 0 Å². The molecule has 1 saturated heterocycles. The van der Waals surface area contributed by atoms with Crippen LogP contribution in [0, 0.1) is 0 Å². The maximum Gasteiger partial charge on any atom is 0.159 e. The number of benzene rings is 1. The first kappa shape index (κ1) is 18.0. The lowest BCUT2D eigenvalue weighted by Crippen LogP contribution is -2.39. The van der Waals surface area contributed by atoms with Gasteiger partial charge in [0.05, 0.1) is 28.9 Å². The number of ether oxygens (including phenoxy) is 1. The van der Waals surface area contributed by atoms with Crippen molar-refractivity contribution >= 4 is 46.2 Å². The lowest BCUT2D eigenvalue weighted by atomic mass is 10.3. The van der Waals surface area contributed by atoms with E-state index in [2.05, 4.69) is 25.5 Å². The first-order chi connectivity index (χ1) is 12.1. The third kappa shape index (κ3) is 4.64. The minimum atomic E-state index is 0.420. The van der Waals surface area contributed by atoms with Crippen molar-refractivity contribution in [3.05, 3.63) is 34.6 Å². The Morgan fingerprint density at radius 3 is 2.72 bits per heavy atom. The van der Waals surface area contributed by atoms with Crippen molar-refractivity contribution in [2.75, 3.05) is 55.8 Å². The monoisotopic (exact) mass is 382 g/mol. The standard InChI is InChI=1S/C16H20Cl2N6O/c17-11-2-1-3-12(13(11)18)23-16-14(19)15(21-10-22-16)20-4-5-24-6-8-25-9-7-24/h1-3,10H,4-9,19H2,(H2,20,21,22,23). The highest BCUT2D eigenvalue weighted by Gasteiger charge is 2.13. The van der Waals surface area contributed by atoms with E-state index in [0.29, 0.717) is 33.1 Å². The Kier molecular flexibility index (Phi) is 6.14. The molecule has 3 rings (SSSR count). The molecule has 25 heavy (non-hydrogen) atoms. The molecule has 1 aromatic heterocycles. The van der Waals surface area contributed by atoms with Crippen molar-refractivity contribution < 1.29 is 4.74 Å². The van der Waals surface area contributed by atoms with Gasteiger partial charge in [0, 0.05) is 26.2 Å². The highest BCUT2D eigenvalue weighted by atomic mass is 35.5. The van der Waals surface area contributed by atoms with Gasteiger partial charge in [-0.05, 0) is 12.1 Å². The summed E-state index contributed by atoms with van der Waals surface area (Å²) in [5.41, 5.74) is 7.25. The summed E-state index contributed by atoms with van der Waals surface area (Å²) in [6, 6.07) is 5.33. The molecule has 1 aliphatic rings. The van der Waals surface area contributed by atoms with Crippen LogP contribution in [0.4, 0.5) is 23.0 Å². The van der Waals surface area contributed by atoms with Gasteiger partial charge in [0.25, 0.3) is 0 Å². The van der Waals surface area contributed by atoms with Crippen LogP contribution in [0.2, 0.25) is 10.0 Å². The molecule has 2 aromatic rings. The van der Waals surface area contributed by atoms with E-state index in [1.165, 1.54) is 6.33 Å². The van der Waals surface area contributed by atoms with Crippen LogP contribution in [0.15, 0.2) is 24.5 Å². The number of rotatable bonds is 6. The largest absolute Gasteiger partial charge is 0.393 e. The van der Waals surface area contributed by atoms with Crippen molar-refractivity contribution in [3.8, 4) is 0 Å². The number of nitrogens with zero attached hydrogens (tertiary/aromatic N) is 3. The lowest BCUT2D eigenvalue weighted by molar-refractivity contribution is 0.0398. The van der Waals surface area contributed by atoms with Crippen LogP contribution in [0.3, 0.4) is 0 Å². The maximum atomic E-state index is 6.19. The summed E-state index contributed by atoms with van der Waals surface area (Å²) < 4.78 is 5.34. The van der Waals surface area contributed by atoms with E-state index in [1.54, 1.807) is 18.2 Å². The molecule has 9 heteroatoms. The topological polar surface area (TPSA) is 88.3 Å². The fraction of sp³-hybridized carbons (Fsp3) is 0.375. The summed E-state index contributed by atoms with van der Waals surface area (Å²) in [7, 11) is 0. The number of nitrogen functional groups attached to an aromatic ring is 1. The molecule has 0 saturated carbocycles. The molecule has 0 radical (unpaired) electrons. The molecule has 2 heterocycles. The van der Waals surface area contributed by atoms with Crippen LogP contribution in [0.5, 0.6) is 0 Å². The minimum Gasteiger partial charge on any atom is -0.393 e. The zero-order valence-corrected chi connectivity index (χ0v) is 15.1. The van der Waals surface area contributed by atoms with Crippen molar-refractivity contribution in [2.24, 2.45) is 0 Å². The number of hydrogen-bond donors (Lipinski definition) is 3. The van der Waals surface area contributed by atoms with E-state index in [0.717, 1.165) is 39.4 Å². The molecule has 7 nitrogen and oxygen atoms in total. The van der Waals surface area contributed by atoms with Crippen LogP contribution in [0.25, 0.3) is 0 Å². The van der Waals surface area contributed by atoms with Crippen LogP contribution in [-0.2, 0) is 4.74 Å². The summed E-state index contributed by atoms with van der Waals surface area (Å²) in [5.74, 6) is 1.07. The summed E-state index contributed by atoms with van der Waals surface area (Å²) in [6.45, 7) is 5.09. The van der Waals surface area contributed by atoms with Gasteiger partial charge in [0.15, 0.2) is 11.6 Å². The Labute approximate surface area is 156 Å². The van der Waals surface area contributed by atoms with Crippen LogP contribution in [-0.4, -0.2) is 54.3 Å². The molecule has 0 aliphatic carbocycles. The van der Waals surface area contributed by atoms with Gasteiger partial charge in [0.1, 0.15) is 12.0 Å². The molecule has 0 unspecified atom stereocenters. The molecule has 4 N–H and O–H groups in total. The predicted molar refractivity (Wildman–Crippen MR) is 102 cm³/mol. The van der Waals surface area contributed by atoms with Gasteiger partial charge in [0.2, 0.25) is 0 Å². The summed E-state index contributed by atoms with van der Waals surface area (Å²) in [4.78, 5) is 10.7. The van der Waals surface area contributed by atoms with Crippen molar-refractivity contribution in [1.82, 2.24) is 14.9 Å². The Morgan fingerprint density at radius 2 is 1.92 bits per heavy atom. The highest BCUT2D eigenvalue weighted by Crippen LogP contribution is 2.33. The molecule has 0 bridgehead atoms. The number of nitrogens with two attached hydrogens (primary N) is 1. The molecule has 1 fully saturated rings. The van der Waals surface area contributed by atoms with Crippen LogP contribution >= 0.6 is 23.2 Å². The SMILES string of the molecule is Nc1c(NCCN2CCOCC2)ncnc1Nc1cccc(Cl)c1Cl. The quantitative estimate of drug-likeness (QED) is 0.707. The van der Waals surface area contributed by atoms with E-state index in [1.807, 2.05) is 0 Å². The first-order valence-corrected chi connectivity index (χ1v) is 8.76. The molecule has 1 aromatic carbocycles. The minimum absolute atomic E-state index is 0.420. The highest BCUT2D eigenvalue weighted by molar-refractivity contribution is 6.43. The van der Waals surface area contributed by atoms with Gasteiger partial charge < -0.3 is 21.1 Å². The fourth-order valence-electron chi connectivity index (χ4n) is 2.52. The number of nitrogens with one attached hydrogen (secondary N) is 2. The number of halogens is 2. The van der Waals surface area contributed by atoms with Crippen molar-refractivity contribution in [1.29, 1.82) is 0 Å². The second-order valence-electron chi connectivity index (χ2n) is 5.59. The van der Waals surface area contributed by atoms with Gasteiger partial charge in [-0.1, -0.05) is 29.3 Å². The van der Waals surface area contributed by atoms with E-state index >= 15 is 0 Å². The molecule has 0 atom stereocenters. The first-order valence-electron chi connectivity index (χ1n) is 8.00. The van der Waals surface area contributed by atoms with Gasteiger partial charge >= 0.3 is 0 Å². The molecule has 0 spiro atoms. The summed E-state index contributed by atoms with van der Waals surface area (Å²) in [6.07, 6.45) is 1.45. The number of anilines is 4. The Morgan fingerprint density at radius 1 is 1.16 bits per heavy atom. The average molecular weight is 383 g/mol. The van der Waals surface area contributed by atoms with E-state index < -0.39 is 0 Å². The Hall–Kier alpha value is -1.80. The fourth-order valence-corrected chi connectivity index (χ4v) is 2.87. The van der Waals surface area contributed by atoms with E-state index in [9.17, 15) is 0 Å². The molecule has 134 valence electrons. The predicted octanol–water partition coefficient (Wildman–Crippen LogP) is 2.85. The Bertz CT molecular complexity index is 724. The molecule has 1 aliphatic heterocycles. The number of aromatic nitrogens is 2. The third-order valence-corrected chi connectivity index (χ3v) is 4.73. The Balaban J connectivity index is 1.64. The number of hydrogen-bond acceptors (Lipinski definition) is 7. The van der Waals surface area contributed by atoms with Crippen molar-refractivity contribution in [2.45, 2.75) is 0 Å². The van der Waals surface area contributed by atoms with Crippen molar-refractivity contribution in [3.63, 3.8) is 0 Å². The molecule has 0 amide bonds. The third-order valence-electron chi connectivity index (χ3n) is 3.91. The zero-order chi connectivity index (χ0) is 17.6. The lowest BCUT2D eigenvalue weighted by Gasteiger charge is -2.26. The average Bonchev–Trinajstić information content (AvgIpc) is 2.63. The summed E-state index contributed by atoms with van der Waals surface area (Å²) >= 11 is 12.2. The number of morpholine rings is 1. The van der Waals surface area contributed by atoms with Gasteiger partial charge in [-0.25, -0.2) is 9.97 Å². The molecular formula is C16H20Cl2N6O. The van der Waals surface area contributed by atoms with Crippen LogP contribution in [0.1, 0.15) is 0 Å². The van der Waals surface area contributed by atoms with Gasteiger partial charge in [-0.3, -0.25) is 4.90 Å². The molecular weight excluding hydrogens is 363 g/mol. The van der Waals surface area contributed by atoms with Crippen LogP contribution < -0.4 is 16.4 Å². The second kappa shape index (κ2) is 8.53. The van der Waals surface area contributed by atoms with E-state index in [-0.39, 0.29) is 0 Å². The van der Waals surface area contributed by atoms with E-state index in [4.69, 9.17) is 33.7 Å². The smallest absolute Gasteiger partial charge is 0.159 e. The second-order valence-corrected chi connectivity index (χ2v) is 6.38. The normalized spacial score (nSPS) is 15.1. The zero-order valence-electron chi connectivity index (χ0n) is 13.6. The van der Waals surface area contributed by atoms with Gasteiger partial charge in [-0.15, -0.1) is 0 Å². The maximum absolute atomic E-state index is 6.19.